The number of hydrogen-bond acceptors (Lipinski definition) is 6. The predicted octanol–water partition coefficient (Wildman–Crippen LogP) is 4.48. The maximum Gasteiger partial charge on any atom is 0.305 e. The minimum absolute atomic E-state index is 0.150. The normalized spacial score (nSPS) is 11.6. The molecule has 164 valence electrons. The second kappa shape index (κ2) is 9.10. The summed E-state index contributed by atoms with van der Waals surface area (Å²) in [5, 5.41) is 0.273. The van der Waals surface area contributed by atoms with E-state index in [9.17, 15) is 13.2 Å². The Bertz CT molecular complexity index is 1370. The van der Waals surface area contributed by atoms with E-state index in [0.717, 1.165) is 11.1 Å². The van der Waals surface area contributed by atoms with Gasteiger partial charge in [0.25, 0.3) is 10.0 Å². The van der Waals surface area contributed by atoms with Crippen molar-refractivity contribution in [2.45, 2.75) is 24.2 Å². The van der Waals surface area contributed by atoms with E-state index in [1.807, 2.05) is 12.1 Å². The molecule has 4 rings (SSSR count). The number of hydrogen-bond donors (Lipinski definition) is 0. The van der Waals surface area contributed by atoms with Gasteiger partial charge in [-0.15, -0.1) is 0 Å². The van der Waals surface area contributed by atoms with Gasteiger partial charge in [0.15, 0.2) is 0 Å². The minimum atomic E-state index is -3.92. The standard InChI is InChI=1S/C23H20ClN3O4S/c1-31-23(28)4-2-3-18-15-20-21(9-10-22(24)26-20)27(18)32(29,30)19-7-5-16(6-8-19)17-11-13-25-14-12-17/h5-15H,2-4H2,1H3. The fourth-order valence-electron chi connectivity index (χ4n) is 3.53. The second-order valence-corrected chi connectivity index (χ2v) is 9.31. The van der Waals surface area contributed by atoms with E-state index in [4.69, 9.17) is 11.6 Å². The number of esters is 1. The number of nitrogens with zero attached hydrogens (tertiary/aromatic N) is 3. The van der Waals surface area contributed by atoms with Crippen molar-refractivity contribution in [2.24, 2.45) is 0 Å². The summed E-state index contributed by atoms with van der Waals surface area (Å²) in [6, 6.07) is 15.3. The number of aromatic nitrogens is 3. The summed E-state index contributed by atoms with van der Waals surface area (Å²) in [7, 11) is -2.59. The van der Waals surface area contributed by atoms with E-state index in [1.165, 1.54) is 11.1 Å². The Hall–Kier alpha value is -3.23. The largest absolute Gasteiger partial charge is 0.469 e. The Morgan fingerprint density at radius 1 is 1.03 bits per heavy atom. The number of carbonyl (C=O) groups excluding carboxylic acids is 1. The molecule has 32 heavy (non-hydrogen) atoms. The SMILES string of the molecule is COC(=O)CCCc1cc2nc(Cl)ccc2n1S(=O)(=O)c1ccc(-c2ccncc2)cc1. The molecule has 0 saturated carbocycles. The molecule has 0 amide bonds. The summed E-state index contributed by atoms with van der Waals surface area (Å²) >= 11 is 6.02. The fraction of sp³-hybridized carbons (Fsp3) is 0.174. The lowest BCUT2D eigenvalue weighted by Crippen LogP contribution is -2.16. The molecule has 0 N–H and O–H groups in total. The lowest BCUT2D eigenvalue weighted by atomic mass is 10.1. The number of aryl methyl sites for hydroxylation is 1. The average molecular weight is 470 g/mol. The van der Waals surface area contributed by atoms with Gasteiger partial charge in [-0.1, -0.05) is 23.7 Å². The first-order valence-corrected chi connectivity index (χ1v) is 11.7. The maximum absolute atomic E-state index is 13.6. The molecule has 7 nitrogen and oxygen atoms in total. The average Bonchev–Trinajstić information content (AvgIpc) is 3.17. The van der Waals surface area contributed by atoms with Crippen molar-refractivity contribution in [3.8, 4) is 11.1 Å². The molecule has 3 aromatic heterocycles. The van der Waals surface area contributed by atoms with Crippen LogP contribution in [0.3, 0.4) is 0 Å². The highest BCUT2D eigenvalue weighted by Gasteiger charge is 2.24. The van der Waals surface area contributed by atoms with Crippen LogP contribution in [0.2, 0.25) is 5.15 Å². The highest BCUT2D eigenvalue weighted by atomic mass is 35.5. The Labute approximate surface area is 190 Å². The van der Waals surface area contributed by atoms with Gasteiger partial charge < -0.3 is 4.74 Å². The Kier molecular flexibility index (Phi) is 6.25. The van der Waals surface area contributed by atoms with E-state index >= 15 is 0 Å². The molecule has 0 aliphatic rings. The summed E-state index contributed by atoms with van der Waals surface area (Å²) in [5.74, 6) is -0.344. The molecule has 9 heteroatoms. The van der Waals surface area contributed by atoms with Crippen molar-refractivity contribution in [2.75, 3.05) is 7.11 Å². The van der Waals surface area contributed by atoms with Gasteiger partial charge in [-0.3, -0.25) is 9.78 Å². The second-order valence-electron chi connectivity index (χ2n) is 7.13. The number of methoxy groups -OCH3 is 1. The smallest absolute Gasteiger partial charge is 0.305 e. The summed E-state index contributed by atoms with van der Waals surface area (Å²) in [5.41, 5.74) is 3.26. The molecule has 0 aliphatic heterocycles. The van der Waals surface area contributed by atoms with E-state index in [-0.39, 0.29) is 22.4 Å². The number of ether oxygens (including phenoxy) is 1. The molecular weight excluding hydrogens is 450 g/mol. The Morgan fingerprint density at radius 2 is 1.72 bits per heavy atom. The van der Waals surface area contributed by atoms with Crippen LogP contribution in [0.4, 0.5) is 0 Å². The van der Waals surface area contributed by atoms with Crippen molar-refractivity contribution in [3.63, 3.8) is 0 Å². The zero-order chi connectivity index (χ0) is 22.7. The molecule has 0 saturated heterocycles. The first-order valence-electron chi connectivity index (χ1n) is 9.90. The molecule has 0 atom stereocenters. The third-order valence-corrected chi connectivity index (χ3v) is 7.09. The van der Waals surface area contributed by atoms with Gasteiger partial charge in [-0.2, -0.15) is 0 Å². The Morgan fingerprint density at radius 3 is 2.41 bits per heavy atom. The number of benzene rings is 1. The number of rotatable bonds is 7. The topological polar surface area (TPSA) is 91.1 Å². The van der Waals surface area contributed by atoms with Crippen LogP contribution in [-0.2, 0) is 26.0 Å². The maximum atomic E-state index is 13.6. The molecule has 0 unspecified atom stereocenters. The zero-order valence-electron chi connectivity index (χ0n) is 17.2. The third-order valence-electron chi connectivity index (χ3n) is 5.10. The van der Waals surface area contributed by atoms with Gasteiger partial charge in [0.05, 0.1) is 23.0 Å². The molecule has 4 aromatic rings. The van der Waals surface area contributed by atoms with Crippen LogP contribution in [0.25, 0.3) is 22.2 Å². The van der Waals surface area contributed by atoms with Crippen LogP contribution in [-0.4, -0.2) is 35.4 Å². The van der Waals surface area contributed by atoms with Crippen molar-refractivity contribution in [1.82, 2.24) is 13.9 Å². The molecule has 0 fully saturated rings. The lowest BCUT2D eigenvalue weighted by molar-refractivity contribution is -0.140. The summed E-state index contributed by atoms with van der Waals surface area (Å²) in [6.45, 7) is 0. The van der Waals surface area contributed by atoms with Gasteiger partial charge in [0.1, 0.15) is 5.15 Å². The number of pyridine rings is 2. The predicted molar refractivity (Wildman–Crippen MR) is 122 cm³/mol. The van der Waals surface area contributed by atoms with E-state index < -0.39 is 10.0 Å². The van der Waals surface area contributed by atoms with Crippen molar-refractivity contribution < 1.29 is 17.9 Å². The van der Waals surface area contributed by atoms with Gasteiger partial charge in [0, 0.05) is 24.5 Å². The highest BCUT2D eigenvalue weighted by Crippen LogP contribution is 2.28. The van der Waals surface area contributed by atoms with Crippen molar-refractivity contribution in [3.05, 3.63) is 77.8 Å². The van der Waals surface area contributed by atoms with E-state index in [0.29, 0.717) is 29.6 Å². The molecule has 0 radical (unpaired) electrons. The van der Waals surface area contributed by atoms with Gasteiger partial charge in [-0.05, 0) is 66.4 Å². The first kappa shape index (κ1) is 22.0. The third kappa shape index (κ3) is 4.37. The molecule has 3 heterocycles. The van der Waals surface area contributed by atoms with E-state index in [2.05, 4.69) is 14.7 Å². The Balaban J connectivity index is 1.74. The number of halogens is 1. The number of fused-ring (bicyclic) bond motifs is 1. The van der Waals surface area contributed by atoms with Gasteiger partial charge in [-0.25, -0.2) is 17.4 Å². The highest BCUT2D eigenvalue weighted by molar-refractivity contribution is 7.90. The van der Waals surface area contributed by atoms with Crippen LogP contribution in [0.15, 0.2) is 71.9 Å². The van der Waals surface area contributed by atoms with Crippen LogP contribution in [0.1, 0.15) is 18.5 Å². The monoisotopic (exact) mass is 469 g/mol. The van der Waals surface area contributed by atoms with Crippen LogP contribution < -0.4 is 0 Å². The molecule has 1 aromatic carbocycles. The number of carbonyl (C=O) groups is 1. The summed E-state index contributed by atoms with van der Waals surface area (Å²) in [6.07, 6.45) is 4.35. The molecule has 0 bridgehead atoms. The summed E-state index contributed by atoms with van der Waals surface area (Å²) in [4.78, 5) is 19.9. The van der Waals surface area contributed by atoms with Crippen LogP contribution in [0.5, 0.6) is 0 Å². The van der Waals surface area contributed by atoms with Crippen LogP contribution in [0, 0.1) is 0 Å². The fourth-order valence-corrected chi connectivity index (χ4v) is 5.25. The minimum Gasteiger partial charge on any atom is -0.469 e. The van der Waals surface area contributed by atoms with Crippen LogP contribution >= 0.6 is 11.6 Å². The van der Waals surface area contributed by atoms with Gasteiger partial charge >= 0.3 is 5.97 Å². The molecule has 0 spiro atoms. The van der Waals surface area contributed by atoms with Crippen molar-refractivity contribution in [1.29, 1.82) is 0 Å². The van der Waals surface area contributed by atoms with Crippen molar-refractivity contribution >= 4 is 38.6 Å². The molecule has 0 aliphatic carbocycles. The lowest BCUT2D eigenvalue weighted by Gasteiger charge is -2.12. The van der Waals surface area contributed by atoms with Gasteiger partial charge in [0.2, 0.25) is 0 Å². The summed E-state index contributed by atoms with van der Waals surface area (Å²) < 4.78 is 33.2. The molecular formula is C23H20ClN3O4S. The van der Waals surface area contributed by atoms with E-state index in [1.54, 1.807) is 54.9 Å². The first-order chi connectivity index (χ1) is 15.4. The zero-order valence-corrected chi connectivity index (χ0v) is 18.8. The quantitative estimate of drug-likeness (QED) is 0.292.